The molecule has 1 aliphatic carbocycles. The van der Waals surface area contributed by atoms with Gasteiger partial charge in [-0.2, -0.15) is 0 Å². The number of ether oxygens (including phenoxy) is 1. The molecule has 0 radical (unpaired) electrons. The van der Waals surface area contributed by atoms with Crippen molar-refractivity contribution >= 4 is 11.9 Å². The van der Waals surface area contributed by atoms with E-state index >= 15 is 0 Å². The fraction of sp³-hybridized carbons (Fsp3) is 0.286. The maximum absolute atomic E-state index is 13.0. The molecule has 3 rings (SSSR count). The number of rotatable bonds is 5. The monoisotopic (exact) mass is 304 g/mol. The molecule has 1 aromatic heterocycles. The first kappa shape index (κ1) is 14.2. The topological polar surface area (TPSA) is 100 Å². The summed E-state index contributed by atoms with van der Waals surface area (Å²) in [6, 6.07) is 5.71. The first-order valence-electron chi connectivity index (χ1n) is 6.73. The molecule has 1 heterocycles. The van der Waals surface area contributed by atoms with Gasteiger partial charge in [-0.25, -0.2) is 13.9 Å². The average molecular weight is 304 g/mol. The van der Waals surface area contributed by atoms with Crippen LogP contribution < -0.4 is 5.73 Å². The second-order valence-electron chi connectivity index (χ2n) is 5.03. The lowest BCUT2D eigenvalue weighted by Gasteiger charge is -2.06. The normalized spacial score (nSPS) is 13.9. The molecule has 2 N–H and O–H groups in total. The van der Waals surface area contributed by atoms with E-state index in [9.17, 15) is 14.0 Å². The summed E-state index contributed by atoms with van der Waals surface area (Å²) in [7, 11) is 0. The maximum atomic E-state index is 13.0. The van der Waals surface area contributed by atoms with Gasteiger partial charge in [-0.15, -0.1) is 5.10 Å². The van der Waals surface area contributed by atoms with Gasteiger partial charge in [-0.05, 0) is 37.1 Å². The third kappa shape index (κ3) is 2.80. The minimum atomic E-state index is -0.743. The number of carbonyl (C=O) groups is 2. The number of carbonyl (C=O) groups excluding carboxylic acids is 2. The van der Waals surface area contributed by atoms with Crippen molar-refractivity contribution in [1.82, 2.24) is 15.0 Å². The second kappa shape index (κ2) is 5.55. The molecule has 114 valence electrons. The maximum Gasteiger partial charge on any atom is 0.361 e. The molecular formula is C14H13FN4O3. The molecule has 1 aliphatic rings. The highest BCUT2D eigenvalue weighted by Crippen LogP contribution is 2.42. The molecule has 1 fully saturated rings. The highest BCUT2D eigenvalue weighted by molar-refractivity contribution is 5.90. The van der Waals surface area contributed by atoms with Gasteiger partial charge in [0, 0.05) is 5.92 Å². The molecule has 2 aromatic rings. The van der Waals surface area contributed by atoms with E-state index in [1.807, 2.05) is 0 Å². The van der Waals surface area contributed by atoms with Crippen LogP contribution in [0.5, 0.6) is 0 Å². The second-order valence-corrected chi connectivity index (χ2v) is 5.03. The third-order valence-corrected chi connectivity index (χ3v) is 3.28. The van der Waals surface area contributed by atoms with Crippen molar-refractivity contribution in [3.8, 4) is 5.69 Å². The number of aromatic nitrogens is 3. The highest BCUT2D eigenvalue weighted by Gasteiger charge is 2.35. The van der Waals surface area contributed by atoms with Crippen molar-refractivity contribution in [2.24, 2.45) is 5.73 Å². The Kier molecular flexibility index (Phi) is 3.58. The molecule has 1 saturated carbocycles. The predicted octanol–water partition coefficient (Wildman–Crippen LogP) is 0.926. The van der Waals surface area contributed by atoms with Crippen molar-refractivity contribution in [2.45, 2.75) is 18.8 Å². The Bertz CT molecular complexity index is 722. The highest BCUT2D eigenvalue weighted by atomic mass is 19.1. The van der Waals surface area contributed by atoms with Crippen molar-refractivity contribution in [1.29, 1.82) is 0 Å². The van der Waals surface area contributed by atoms with Crippen LogP contribution in [0.3, 0.4) is 0 Å². The number of benzene rings is 1. The lowest BCUT2D eigenvalue weighted by atomic mass is 10.2. The Morgan fingerprint density at radius 2 is 2.00 bits per heavy atom. The predicted molar refractivity (Wildman–Crippen MR) is 72.8 cm³/mol. The Labute approximate surface area is 124 Å². The summed E-state index contributed by atoms with van der Waals surface area (Å²) in [5.74, 6) is -1.70. The Morgan fingerprint density at radius 3 is 2.59 bits per heavy atom. The van der Waals surface area contributed by atoms with Crippen LogP contribution in [0.1, 0.15) is 34.9 Å². The van der Waals surface area contributed by atoms with E-state index in [-0.39, 0.29) is 17.4 Å². The molecule has 8 heteroatoms. The van der Waals surface area contributed by atoms with Crippen LogP contribution in [0.2, 0.25) is 0 Å². The number of amides is 1. The van der Waals surface area contributed by atoms with Gasteiger partial charge in [0.15, 0.2) is 12.3 Å². The number of nitrogens with two attached hydrogens (primary N) is 1. The number of hydrogen-bond acceptors (Lipinski definition) is 5. The number of primary amides is 1. The fourth-order valence-electron chi connectivity index (χ4n) is 2.14. The summed E-state index contributed by atoms with van der Waals surface area (Å²) in [5, 5.41) is 7.80. The minimum Gasteiger partial charge on any atom is -0.451 e. The Balaban J connectivity index is 1.94. The number of halogens is 1. The van der Waals surface area contributed by atoms with Crippen LogP contribution in [0, 0.1) is 5.82 Å². The SMILES string of the molecule is NC(=O)COC(=O)c1nnn(-c2ccc(F)cc2)c1C1CC1. The summed E-state index contributed by atoms with van der Waals surface area (Å²) in [6.07, 6.45) is 1.81. The molecular weight excluding hydrogens is 291 g/mol. The van der Waals surface area contributed by atoms with E-state index < -0.39 is 18.5 Å². The zero-order chi connectivity index (χ0) is 15.7. The van der Waals surface area contributed by atoms with Gasteiger partial charge in [0.2, 0.25) is 0 Å². The van der Waals surface area contributed by atoms with E-state index in [4.69, 9.17) is 10.5 Å². The molecule has 22 heavy (non-hydrogen) atoms. The summed E-state index contributed by atoms with van der Waals surface area (Å²) >= 11 is 0. The molecule has 0 aliphatic heterocycles. The zero-order valence-corrected chi connectivity index (χ0v) is 11.5. The standard InChI is InChI=1S/C14H13FN4O3/c15-9-3-5-10(6-4-9)19-13(8-1-2-8)12(17-18-19)14(21)22-7-11(16)20/h3-6,8H,1-2,7H2,(H2,16,20). The first-order chi connectivity index (χ1) is 10.6. The van der Waals surface area contributed by atoms with Gasteiger partial charge in [-0.3, -0.25) is 4.79 Å². The van der Waals surface area contributed by atoms with Crippen LogP contribution in [-0.2, 0) is 9.53 Å². The van der Waals surface area contributed by atoms with Crippen molar-refractivity contribution < 1.29 is 18.7 Å². The van der Waals surface area contributed by atoms with Gasteiger partial charge in [0.05, 0.1) is 11.4 Å². The fourth-order valence-corrected chi connectivity index (χ4v) is 2.14. The van der Waals surface area contributed by atoms with Crippen LogP contribution in [-0.4, -0.2) is 33.5 Å². The third-order valence-electron chi connectivity index (χ3n) is 3.28. The molecule has 0 spiro atoms. The average Bonchev–Trinajstić information content (AvgIpc) is 3.24. The quantitative estimate of drug-likeness (QED) is 0.828. The van der Waals surface area contributed by atoms with Gasteiger partial charge < -0.3 is 10.5 Å². The first-order valence-corrected chi connectivity index (χ1v) is 6.73. The number of nitrogens with zero attached hydrogens (tertiary/aromatic N) is 3. The van der Waals surface area contributed by atoms with E-state index in [0.717, 1.165) is 12.8 Å². The summed E-state index contributed by atoms with van der Waals surface area (Å²) in [5.41, 5.74) is 6.22. The summed E-state index contributed by atoms with van der Waals surface area (Å²) < 4.78 is 19.3. The molecule has 7 nitrogen and oxygen atoms in total. The lowest BCUT2D eigenvalue weighted by molar-refractivity contribution is -0.121. The van der Waals surface area contributed by atoms with Gasteiger partial charge in [0.1, 0.15) is 5.82 Å². The smallest absolute Gasteiger partial charge is 0.361 e. The van der Waals surface area contributed by atoms with Crippen molar-refractivity contribution in [3.05, 3.63) is 41.5 Å². The zero-order valence-electron chi connectivity index (χ0n) is 11.5. The Hall–Kier alpha value is -2.77. The van der Waals surface area contributed by atoms with E-state index in [2.05, 4.69) is 10.3 Å². The van der Waals surface area contributed by atoms with Crippen LogP contribution in [0.15, 0.2) is 24.3 Å². The van der Waals surface area contributed by atoms with Crippen LogP contribution >= 0.6 is 0 Å². The largest absolute Gasteiger partial charge is 0.451 e. The van der Waals surface area contributed by atoms with Crippen molar-refractivity contribution in [2.75, 3.05) is 6.61 Å². The number of esters is 1. The van der Waals surface area contributed by atoms with Crippen molar-refractivity contribution in [3.63, 3.8) is 0 Å². The van der Waals surface area contributed by atoms with E-state index in [1.54, 1.807) is 12.1 Å². The van der Waals surface area contributed by atoms with Crippen LogP contribution in [0.4, 0.5) is 4.39 Å². The molecule has 0 saturated heterocycles. The van der Waals surface area contributed by atoms with Gasteiger partial charge >= 0.3 is 5.97 Å². The molecule has 0 unspecified atom stereocenters. The number of hydrogen-bond donors (Lipinski definition) is 1. The lowest BCUT2D eigenvalue weighted by Crippen LogP contribution is -2.21. The van der Waals surface area contributed by atoms with Crippen LogP contribution in [0.25, 0.3) is 5.69 Å². The molecule has 1 aromatic carbocycles. The van der Waals surface area contributed by atoms with Gasteiger partial charge in [-0.1, -0.05) is 5.21 Å². The van der Waals surface area contributed by atoms with Gasteiger partial charge in [0.25, 0.3) is 5.91 Å². The Morgan fingerprint density at radius 1 is 1.32 bits per heavy atom. The summed E-state index contributed by atoms with van der Waals surface area (Å²) in [6.45, 7) is -0.508. The van der Waals surface area contributed by atoms with E-state index in [1.165, 1.54) is 16.8 Å². The van der Waals surface area contributed by atoms with E-state index in [0.29, 0.717) is 11.4 Å². The summed E-state index contributed by atoms with van der Waals surface area (Å²) in [4.78, 5) is 22.7. The molecule has 0 bridgehead atoms. The minimum absolute atomic E-state index is 0.0630. The molecule has 0 atom stereocenters. The molecule has 1 amide bonds.